The van der Waals surface area contributed by atoms with Gasteiger partial charge in [0.25, 0.3) is 0 Å². The number of pyridine rings is 1. The van der Waals surface area contributed by atoms with Gasteiger partial charge in [-0.2, -0.15) is 4.98 Å². The summed E-state index contributed by atoms with van der Waals surface area (Å²) in [6.45, 7) is -0.211. The Balaban J connectivity index is 1.88. The molecule has 0 amide bonds. The molecule has 0 spiro atoms. The number of aliphatic hydroxyl groups is 3. The minimum Gasteiger partial charge on any atom is -0.396 e. The second kappa shape index (κ2) is 7.96. The first kappa shape index (κ1) is 18.5. The summed E-state index contributed by atoms with van der Waals surface area (Å²) >= 11 is 6.22. The van der Waals surface area contributed by atoms with E-state index in [0.29, 0.717) is 17.8 Å². The van der Waals surface area contributed by atoms with Gasteiger partial charge in [0.05, 0.1) is 17.7 Å². The van der Waals surface area contributed by atoms with Crippen LogP contribution in [0.25, 0.3) is 12.2 Å². The van der Waals surface area contributed by atoms with E-state index in [9.17, 15) is 15.3 Å². The van der Waals surface area contributed by atoms with E-state index in [1.807, 2.05) is 12.1 Å². The highest BCUT2D eigenvalue weighted by molar-refractivity contribution is 6.31. The number of hydrogen-bond donors (Lipinski definition) is 5. The van der Waals surface area contributed by atoms with Gasteiger partial charge in [0, 0.05) is 24.9 Å². The standard InChI is InChI=1S/C17H20ClN5O3/c18-15-11(4-3-9-2-1-5-20-7-9)16(23-17(19)22-15)21-12-6-10(8-24)13(25)14(12)26/h1-5,7,10,12-14,24-26H,6,8H2,(H3,19,21,22,23)/b4-3-/t10-,12-,13-,14+/m1/s1. The molecule has 2 aromatic heterocycles. The Bertz CT molecular complexity index is 789. The van der Waals surface area contributed by atoms with E-state index in [4.69, 9.17) is 17.3 Å². The number of aliphatic hydroxyl groups excluding tert-OH is 3. The molecule has 9 heteroatoms. The molecule has 2 heterocycles. The Hall–Kier alpha value is -2.26. The molecule has 0 aromatic carbocycles. The Morgan fingerprint density at radius 1 is 1.27 bits per heavy atom. The lowest BCUT2D eigenvalue weighted by Crippen LogP contribution is -2.35. The molecule has 138 valence electrons. The van der Waals surface area contributed by atoms with E-state index >= 15 is 0 Å². The van der Waals surface area contributed by atoms with Crippen LogP contribution in [0.5, 0.6) is 0 Å². The highest BCUT2D eigenvalue weighted by Gasteiger charge is 2.41. The number of rotatable bonds is 5. The van der Waals surface area contributed by atoms with Gasteiger partial charge in [-0.15, -0.1) is 0 Å². The Morgan fingerprint density at radius 2 is 2.08 bits per heavy atom. The average molecular weight is 378 g/mol. The lowest BCUT2D eigenvalue weighted by molar-refractivity contribution is 0.00445. The summed E-state index contributed by atoms with van der Waals surface area (Å²) in [7, 11) is 0. The number of nitrogens with zero attached hydrogens (tertiary/aromatic N) is 3. The minimum absolute atomic E-state index is 0.0113. The largest absolute Gasteiger partial charge is 0.396 e. The fourth-order valence-electron chi connectivity index (χ4n) is 2.99. The zero-order valence-electron chi connectivity index (χ0n) is 13.8. The van der Waals surface area contributed by atoms with Gasteiger partial charge in [0.2, 0.25) is 5.95 Å². The van der Waals surface area contributed by atoms with E-state index in [-0.39, 0.29) is 17.7 Å². The van der Waals surface area contributed by atoms with Gasteiger partial charge in [-0.1, -0.05) is 23.7 Å². The number of aromatic nitrogens is 3. The number of hydrogen-bond acceptors (Lipinski definition) is 8. The molecule has 1 saturated carbocycles. The molecule has 1 fully saturated rings. The van der Waals surface area contributed by atoms with Crippen molar-refractivity contribution in [1.29, 1.82) is 0 Å². The van der Waals surface area contributed by atoms with Crippen molar-refractivity contribution in [3.8, 4) is 0 Å². The monoisotopic (exact) mass is 377 g/mol. The van der Waals surface area contributed by atoms with Gasteiger partial charge in [-0.3, -0.25) is 4.98 Å². The molecule has 0 aliphatic heterocycles. The number of nitrogens with one attached hydrogen (secondary N) is 1. The maximum atomic E-state index is 10.2. The van der Waals surface area contributed by atoms with Crippen molar-refractivity contribution in [2.24, 2.45) is 5.92 Å². The van der Waals surface area contributed by atoms with Gasteiger partial charge in [0.1, 0.15) is 17.1 Å². The third-order valence-corrected chi connectivity index (χ3v) is 4.69. The van der Waals surface area contributed by atoms with E-state index in [2.05, 4.69) is 20.3 Å². The van der Waals surface area contributed by atoms with Crippen LogP contribution in [0.15, 0.2) is 24.5 Å². The topological polar surface area (TPSA) is 137 Å². The Kier molecular flexibility index (Phi) is 5.67. The smallest absolute Gasteiger partial charge is 0.223 e. The van der Waals surface area contributed by atoms with E-state index in [1.165, 1.54) is 0 Å². The van der Waals surface area contributed by atoms with Crippen LogP contribution in [-0.2, 0) is 0 Å². The van der Waals surface area contributed by atoms with Crippen LogP contribution in [0.2, 0.25) is 5.15 Å². The lowest BCUT2D eigenvalue weighted by Gasteiger charge is -2.20. The molecule has 6 N–H and O–H groups in total. The van der Waals surface area contributed by atoms with E-state index in [1.54, 1.807) is 24.5 Å². The van der Waals surface area contributed by atoms with Gasteiger partial charge < -0.3 is 26.4 Å². The molecule has 1 aliphatic carbocycles. The van der Waals surface area contributed by atoms with Crippen molar-refractivity contribution < 1.29 is 15.3 Å². The summed E-state index contributed by atoms with van der Waals surface area (Å²) in [5, 5.41) is 32.7. The molecule has 0 radical (unpaired) electrons. The highest BCUT2D eigenvalue weighted by atomic mass is 35.5. The van der Waals surface area contributed by atoms with Crippen LogP contribution in [0.3, 0.4) is 0 Å². The maximum Gasteiger partial charge on any atom is 0.223 e. The first-order chi connectivity index (χ1) is 12.5. The molecule has 8 nitrogen and oxygen atoms in total. The predicted molar refractivity (Wildman–Crippen MR) is 99.2 cm³/mol. The predicted octanol–water partition coefficient (Wildman–Crippen LogP) is 0.792. The fourth-order valence-corrected chi connectivity index (χ4v) is 3.23. The first-order valence-electron chi connectivity index (χ1n) is 8.14. The van der Waals surface area contributed by atoms with Crippen molar-refractivity contribution >= 4 is 35.5 Å². The van der Waals surface area contributed by atoms with Crippen LogP contribution in [0, 0.1) is 5.92 Å². The molecule has 1 aliphatic rings. The maximum absolute atomic E-state index is 10.2. The Morgan fingerprint density at radius 3 is 2.73 bits per heavy atom. The molecule has 4 atom stereocenters. The molecular formula is C17H20ClN5O3. The van der Waals surface area contributed by atoms with Gasteiger partial charge in [-0.05, 0) is 24.1 Å². The summed E-state index contributed by atoms with van der Waals surface area (Å²) < 4.78 is 0. The number of nitrogens with two attached hydrogens (primary N) is 1. The zero-order valence-corrected chi connectivity index (χ0v) is 14.6. The van der Waals surface area contributed by atoms with Crippen LogP contribution in [-0.4, -0.2) is 55.1 Å². The highest BCUT2D eigenvalue weighted by Crippen LogP contribution is 2.31. The van der Waals surface area contributed by atoms with Crippen molar-refractivity contribution in [3.63, 3.8) is 0 Å². The molecule has 0 bridgehead atoms. The number of nitrogen functional groups attached to an aromatic ring is 1. The van der Waals surface area contributed by atoms with Crippen LogP contribution >= 0.6 is 11.6 Å². The molecule has 0 unspecified atom stereocenters. The summed E-state index contributed by atoms with van der Waals surface area (Å²) in [4.78, 5) is 12.2. The number of halogens is 1. The number of anilines is 2. The van der Waals surface area contributed by atoms with Gasteiger partial charge in [0.15, 0.2) is 0 Å². The van der Waals surface area contributed by atoms with Gasteiger partial charge in [-0.25, -0.2) is 4.98 Å². The minimum atomic E-state index is -1.04. The molecular weight excluding hydrogens is 358 g/mol. The SMILES string of the molecule is Nc1nc(Cl)c(/C=C\c2cccnc2)c(N[C@@H]2C[C@H](CO)[C@@H](O)[C@H]2O)n1. The van der Waals surface area contributed by atoms with Crippen molar-refractivity contribution in [3.05, 3.63) is 40.8 Å². The van der Waals surface area contributed by atoms with Crippen molar-refractivity contribution in [1.82, 2.24) is 15.0 Å². The van der Waals surface area contributed by atoms with Crippen LogP contribution in [0.1, 0.15) is 17.5 Å². The normalized spacial score (nSPS) is 25.7. The summed E-state index contributed by atoms with van der Waals surface area (Å²) in [5.41, 5.74) is 7.06. The molecule has 26 heavy (non-hydrogen) atoms. The summed E-state index contributed by atoms with van der Waals surface area (Å²) in [6.07, 6.45) is 5.22. The van der Waals surface area contributed by atoms with E-state index < -0.39 is 24.2 Å². The third kappa shape index (κ3) is 3.94. The van der Waals surface area contributed by atoms with Crippen LogP contribution in [0.4, 0.5) is 11.8 Å². The van der Waals surface area contributed by atoms with E-state index in [0.717, 1.165) is 5.56 Å². The quantitative estimate of drug-likeness (QED) is 0.482. The molecule has 3 rings (SSSR count). The second-order valence-corrected chi connectivity index (χ2v) is 6.52. The van der Waals surface area contributed by atoms with Crippen molar-refractivity contribution in [2.75, 3.05) is 17.7 Å². The third-order valence-electron chi connectivity index (χ3n) is 4.40. The molecule has 0 saturated heterocycles. The lowest BCUT2D eigenvalue weighted by atomic mass is 10.1. The second-order valence-electron chi connectivity index (χ2n) is 6.16. The Labute approximate surface area is 155 Å². The van der Waals surface area contributed by atoms with Crippen molar-refractivity contribution in [2.45, 2.75) is 24.7 Å². The summed E-state index contributed by atoms with van der Waals surface area (Å²) in [6, 6.07) is 3.19. The van der Waals surface area contributed by atoms with Gasteiger partial charge >= 0.3 is 0 Å². The van der Waals surface area contributed by atoms with Crippen LogP contribution < -0.4 is 11.1 Å². The average Bonchev–Trinajstić information content (AvgIpc) is 2.89. The molecule has 2 aromatic rings. The first-order valence-corrected chi connectivity index (χ1v) is 8.52. The summed E-state index contributed by atoms with van der Waals surface area (Å²) in [5.74, 6) is -0.0770. The zero-order chi connectivity index (χ0) is 18.7. The fraction of sp³-hybridized carbons (Fsp3) is 0.353.